The van der Waals surface area contributed by atoms with Crippen molar-refractivity contribution >= 4 is 14.9 Å². The topological polar surface area (TPSA) is 6.48 Å². The predicted octanol–water partition coefficient (Wildman–Crippen LogP) is 2.29. The van der Waals surface area contributed by atoms with E-state index in [0.717, 1.165) is 19.6 Å². The molecule has 94 valence electrons. The summed E-state index contributed by atoms with van der Waals surface area (Å²) in [6, 6.07) is 8.42. The van der Waals surface area contributed by atoms with E-state index < -0.39 is 5.91 Å². The second-order valence-electron chi connectivity index (χ2n) is 4.77. The van der Waals surface area contributed by atoms with Gasteiger partial charge in [0.1, 0.15) is 5.91 Å². The van der Waals surface area contributed by atoms with Crippen LogP contribution in [0.5, 0.6) is 0 Å². The maximum absolute atomic E-state index is 13.5. The van der Waals surface area contributed by atoms with Crippen LogP contribution in [-0.2, 0) is 0 Å². The smallest absolute Gasteiger partial charge is 0.130 e. The van der Waals surface area contributed by atoms with Crippen molar-refractivity contribution in [2.24, 2.45) is 0 Å². The number of likely N-dealkylation sites (N-methyl/N-ethyl adjacent to an activating group) is 1. The number of aryl methyl sites for hydroxylation is 1. The van der Waals surface area contributed by atoms with Crippen molar-refractivity contribution in [1.29, 1.82) is 0 Å². The largest absolute Gasteiger partial charge is 0.369 e. The first-order chi connectivity index (χ1) is 8.08. The zero-order valence-corrected chi connectivity index (χ0v) is 11.6. The molecule has 3 unspecified atom stereocenters. The Morgan fingerprint density at radius 1 is 1.29 bits per heavy atom. The highest BCUT2D eigenvalue weighted by Gasteiger charge is 2.28. The number of piperazine rings is 1. The van der Waals surface area contributed by atoms with Crippen LogP contribution < -0.4 is 4.90 Å². The molecule has 0 aliphatic carbocycles. The van der Waals surface area contributed by atoms with Crippen molar-refractivity contribution < 1.29 is 4.39 Å². The highest BCUT2D eigenvalue weighted by atomic mass is 31.0. The molecule has 1 fully saturated rings. The van der Waals surface area contributed by atoms with Crippen molar-refractivity contribution in [3.05, 3.63) is 29.8 Å². The highest BCUT2D eigenvalue weighted by Crippen LogP contribution is 2.23. The van der Waals surface area contributed by atoms with E-state index in [0.29, 0.717) is 0 Å². The number of hydrogen-bond donors (Lipinski definition) is 0. The summed E-state index contributed by atoms with van der Waals surface area (Å²) in [4.78, 5) is 4.36. The third-order valence-corrected chi connectivity index (χ3v) is 3.91. The Kier molecular flexibility index (Phi) is 4.01. The lowest BCUT2D eigenvalue weighted by Crippen LogP contribution is -2.54. The van der Waals surface area contributed by atoms with Gasteiger partial charge in [0.25, 0.3) is 0 Å². The molecule has 0 saturated carbocycles. The number of alkyl halides is 1. The summed E-state index contributed by atoms with van der Waals surface area (Å²) >= 11 is 0. The minimum atomic E-state index is -0.867. The summed E-state index contributed by atoms with van der Waals surface area (Å²) in [5.74, 6) is -0.867. The minimum absolute atomic E-state index is 0.0324. The quantitative estimate of drug-likeness (QED) is 0.747. The van der Waals surface area contributed by atoms with Gasteiger partial charge < -0.3 is 4.90 Å². The summed E-state index contributed by atoms with van der Waals surface area (Å²) in [5.41, 5.74) is 2.45. The van der Waals surface area contributed by atoms with E-state index in [-0.39, 0.29) is 6.04 Å². The molecule has 1 aromatic rings. The zero-order valence-electron chi connectivity index (χ0n) is 10.4. The van der Waals surface area contributed by atoms with Crippen molar-refractivity contribution in [2.75, 3.05) is 31.6 Å². The first kappa shape index (κ1) is 12.8. The van der Waals surface area contributed by atoms with Gasteiger partial charge in [-0.1, -0.05) is 26.9 Å². The molecular weight excluding hydrogens is 234 g/mol. The van der Waals surface area contributed by atoms with Gasteiger partial charge in [0.15, 0.2) is 0 Å². The lowest BCUT2D eigenvalue weighted by Gasteiger charge is -2.41. The summed E-state index contributed by atoms with van der Waals surface area (Å²) < 4.78 is 13.5. The van der Waals surface area contributed by atoms with Crippen LogP contribution in [0.3, 0.4) is 0 Å². The number of rotatable bonds is 2. The summed E-state index contributed by atoms with van der Waals surface area (Å²) in [7, 11) is 4.27. The molecule has 0 radical (unpaired) electrons. The van der Waals surface area contributed by atoms with Crippen LogP contribution >= 0.6 is 9.24 Å². The third kappa shape index (κ3) is 2.97. The van der Waals surface area contributed by atoms with Crippen molar-refractivity contribution in [3.63, 3.8) is 0 Å². The molecule has 0 spiro atoms. The maximum Gasteiger partial charge on any atom is 0.130 e. The monoisotopic (exact) mass is 254 g/mol. The fourth-order valence-corrected chi connectivity index (χ4v) is 2.65. The van der Waals surface area contributed by atoms with Crippen LogP contribution in [-0.4, -0.2) is 43.5 Å². The predicted molar refractivity (Wildman–Crippen MR) is 74.4 cm³/mol. The Bertz CT molecular complexity index is 366. The molecule has 2 nitrogen and oxygen atoms in total. The van der Waals surface area contributed by atoms with E-state index in [1.165, 1.54) is 11.3 Å². The molecule has 0 aromatic heterocycles. The van der Waals surface area contributed by atoms with Crippen molar-refractivity contribution in [1.82, 2.24) is 4.90 Å². The first-order valence-corrected chi connectivity index (χ1v) is 6.66. The Labute approximate surface area is 105 Å². The third-order valence-electron chi connectivity index (χ3n) is 3.46. The SMILES string of the molecule is Cc1ccc(N2CCN(C)C(C(F)P)C2)cc1. The molecule has 1 aliphatic rings. The molecule has 0 N–H and O–H groups in total. The summed E-state index contributed by atoms with van der Waals surface area (Å²) in [5, 5.41) is 0. The average Bonchev–Trinajstić information content (AvgIpc) is 2.30. The molecule has 1 saturated heterocycles. The van der Waals surface area contributed by atoms with E-state index in [2.05, 4.69) is 50.2 Å². The minimum Gasteiger partial charge on any atom is -0.369 e. The summed E-state index contributed by atoms with van der Waals surface area (Å²) in [6.07, 6.45) is 0. The van der Waals surface area contributed by atoms with Gasteiger partial charge in [0, 0.05) is 25.3 Å². The first-order valence-electron chi connectivity index (χ1n) is 5.99. The average molecular weight is 254 g/mol. The number of anilines is 1. The normalized spacial score (nSPS) is 23.8. The molecule has 0 amide bonds. The van der Waals surface area contributed by atoms with Gasteiger partial charge in [-0.15, -0.1) is 0 Å². The van der Waals surface area contributed by atoms with E-state index in [1.807, 2.05) is 7.05 Å². The Morgan fingerprint density at radius 3 is 2.53 bits per heavy atom. The Morgan fingerprint density at radius 2 is 1.94 bits per heavy atom. The van der Waals surface area contributed by atoms with Gasteiger partial charge in [0.05, 0.1) is 6.04 Å². The molecule has 2 rings (SSSR count). The second-order valence-corrected chi connectivity index (χ2v) is 5.41. The van der Waals surface area contributed by atoms with Gasteiger partial charge in [-0.05, 0) is 26.1 Å². The van der Waals surface area contributed by atoms with Crippen LogP contribution in [0.4, 0.5) is 10.1 Å². The van der Waals surface area contributed by atoms with E-state index in [4.69, 9.17) is 0 Å². The molecular formula is C13H20FN2P. The van der Waals surface area contributed by atoms with E-state index in [1.54, 1.807) is 0 Å². The molecule has 0 bridgehead atoms. The van der Waals surface area contributed by atoms with E-state index in [9.17, 15) is 4.39 Å². The Balaban J connectivity index is 2.10. The van der Waals surface area contributed by atoms with Crippen LogP contribution in [0.1, 0.15) is 5.56 Å². The second kappa shape index (κ2) is 5.32. The van der Waals surface area contributed by atoms with Crippen LogP contribution in [0.25, 0.3) is 0 Å². The fourth-order valence-electron chi connectivity index (χ4n) is 2.23. The van der Waals surface area contributed by atoms with Gasteiger partial charge in [0.2, 0.25) is 0 Å². The number of nitrogens with zero attached hydrogens (tertiary/aromatic N) is 2. The van der Waals surface area contributed by atoms with Crippen molar-refractivity contribution in [3.8, 4) is 0 Å². The fraction of sp³-hybridized carbons (Fsp3) is 0.538. The maximum atomic E-state index is 13.5. The van der Waals surface area contributed by atoms with Gasteiger partial charge in [-0.3, -0.25) is 4.90 Å². The standard InChI is InChI=1S/C13H20FN2P/c1-10-3-5-11(6-4-10)16-8-7-15(2)12(9-16)13(14)17/h3-6,12-13H,7-9,17H2,1-2H3. The number of halogens is 1. The van der Waals surface area contributed by atoms with Gasteiger partial charge >= 0.3 is 0 Å². The van der Waals surface area contributed by atoms with Gasteiger partial charge in [-0.25, -0.2) is 4.39 Å². The van der Waals surface area contributed by atoms with Crippen LogP contribution in [0, 0.1) is 6.92 Å². The van der Waals surface area contributed by atoms with Crippen molar-refractivity contribution in [2.45, 2.75) is 18.9 Å². The highest BCUT2D eigenvalue weighted by molar-refractivity contribution is 7.17. The molecule has 1 heterocycles. The number of benzene rings is 1. The molecule has 1 aliphatic heterocycles. The molecule has 1 aromatic carbocycles. The lowest BCUT2D eigenvalue weighted by atomic mass is 10.1. The molecule has 4 heteroatoms. The van der Waals surface area contributed by atoms with Gasteiger partial charge in [-0.2, -0.15) is 0 Å². The van der Waals surface area contributed by atoms with Crippen LogP contribution in [0.15, 0.2) is 24.3 Å². The van der Waals surface area contributed by atoms with Crippen LogP contribution in [0.2, 0.25) is 0 Å². The van der Waals surface area contributed by atoms with E-state index >= 15 is 0 Å². The summed E-state index contributed by atoms with van der Waals surface area (Å²) in [6.45, 7) is 4.71. The molecule has 17 heavy (non-hydrogen) atoms. The lowest BCUT2D eigenvalue weighted by molar-refractivity contribution is 0.167. The molecule has 3 atom stereocenters. The Hall–Kier alpha value is -0.660. The zero-order chi connectivity index (χ0) is 12.4. The number of hydrogen-bond acceptors (Lipinski definition) is 2.